The zero-order chi connectivity index (χ0) is 17.8. The number of allylic oxidation sites excluding steroid dienone is 1. The SMILES string of the molecule is C/C=C\C(=O)N1CCN(c2ccc(-c3noc(C(C)C)n3)cn2)CC1. The summed E-state index contributed by atoms with van der Waals surface area (Å²) in [6.07, 6.45) is 5.15. The van der Waals surface area contributed by atoms with E-state index in [2.05, 4.69) is 20.0 Å². The molecule has 0 unspecified atom stereocenters. The van der Waals surface area contributed by atoms with Crippen molar-refractivity contribution in [3.8, 4) is 11.4 Å². The third kappa shape index (κ3) is 3.87. The first-order valence-corrected chi connectivity index (χ1v) is 8.55. The molecule has 3 rings (SSSR count). The number of nitrogens with zero attached hydrogens (tertiary/aromatic N) is 5. The number of rotatable bonds is 4. The van der Waals surface area contributed by atoms with E-state index in [0.717, 1.165) is 24.5 Å². The van der Waals surface area contributed by atoms with E-state index in [-0.39, 0.29) is 11.8 Å². The Labute approximate surface area is 147 Å². The summed E-state index contributed by atoms with van der Waals surface area (Å²) >= 11 is 0. The molecule has 132 valence electrons. The van der Waals surface area contributed by atoms with Crippen molar-refractivity contribution in [2.45, 2.75) is 26.7 Å². The molecule has 3 heterocycles. The van der Waals surface area contributed by atoms with E-state index < -0.39 is 0 Å². The fourth-order valence-electron chi connectivity index (χ4n) is 2.70. The van der Waals surface area contributed by atoms with Gasteiger partial charge in [-0.1, -0.05) is 25.1 Å². The summed E-state index contributed by atoms with van der Waals surface area (Å²) in [4.78, 5) is 24.8. The Hall–Kier alpha value is -2.70. The van der Waals surface area contributed by atoms with E-state index in [1.165, 1.54) is 0 Å². The number of amides is 1. The van der Waals surface area contributed by atoms with Gasteiger partial charge in [0.15, 0.2) is 0 Å². The molecule has 2 aromatic rings. The molecule has 0 aliphatic carbocycles. The number of aromatic nitrogens is 3. The molecule has 0 saturated carbocycles. The van der Waals surface area contributed by atoms with Crippen LogP contribution in [-0.4, -0.2) is 52.1 Å². The Kier molecular flexibility index (Phi) is 5.11. The third-order valence-corrected chi connectivity index (χ3v) is 4.17. The fraction of sp³-hybridized carbons (Fsp3) is 0.444. The highest BCUT2D eigenvalue weighted by molar-refractivity contribution is 5.87. The second kappa shape index (κ2) is 7.46. The van der Waals surface area contributed by atoms with Crippen molar-refractivity contribution >= 4 is 11.7 Å². The molecular formula is C18H23N5O2. The van der Waals surface area contributed by atoms with E-state index in [1.807, 2.05) is 37.8 Å². The van der Waals surface area contributed by atoms with Crippen molar-refractivity contribution in [3.05, 3.63) is 36.4 Å². The minimum absolute atomic E-state index is 0.0727. The molecule has 1 aliphatic rings. The molecular weight excluding hydrogens is 318 g/mol. The molecule has 7 nitrogen and oxygen atoms in total. The summed E-state index contributed by atoms with van der Waals surface area (Å²) in [5.41, 5.74) is 0.835. The summed E-state index contributed by atoms with van der Waals surface area (Å²) in [5, 5.41) is 4.01. The number of piperazine rings is 1. The van der Waals surface area contributed by atoms with E-state index in [4.69, 9.17) is 4.52 Å². The Balaban J connectivity index is 1.64. The molecule has 1 fully saturated rings. The van der Waals surface area contributed by atoms with Crippen LogP contribution in [0.2, 0.25) is 0 Å². The topological polar surface area (TPSA) is 75.4 Å². The van der Waals surface area contributed by atoms with Crippen LogP contribution in [0.15, 0.2) is 35.0 Å². The number of anilines is 1. The molecule has 0 aromatic carbocycles. The lowest BCUT2D eigenvalue weighted by Gasteiger charge is -2.35. The van der Waals surface area contributed by atoms with Crippen LogP contribution in [0, 0.1) is 0 Å². The highest BCUT2D eigenvalue weighted by Gasteiger charge is 2.20. The van der Waals surface area contributed by atoms with Gasteiger partial charge in [-0.05, 0) is 25.1 Å². The summed E-state index contributed by atoms with van der Waals surface area (Å²) in [7, 11) is 0. The van der Waals surface area contributed by atoms with Crippen LogP contribution in [0.3, 0.4) is 0 Å². The number of hydrogen-bond acceptors (Lipinski definition) is 6. The average molecular weight is 341 g/mol. The highest BCUT2D eigenvalue weighted by Crippen LogP contribution is 2.21. The van der Waals surface area contributed by atoms with Crippen molar-refractivity contribution in [2.24, 2.45) is 0 Å². The molecule has 1 amide bonds. The van der Waals surface area contributed by atoms with Gasteiger partial charge < -0.3 is 14.3 Å². The maximum atomic E-state index is 11.9. The average Bonchev–Trinajstić information content (AvgIpc) is 3.13. The molecule has 0 atom stereocenters. The lowest BCUT2D eigenvalue weighted by molar-refractivity contribution is -0.126. The van der Waals surface area contributed by atoms with Gasteiger partial charge in [0.05, 0.1) is 0 Å². The van der Waals surface area contributed by atoms with Crippen LogP contribution < -0.4 is 4.90 Å². The monoisotopic (exact) mass is 341 g/mol. The summed E-state index contributed by atoms with van der Waals surface area (Å²) in [6.45, 7) is 8.83. The lowest BCUT2D eigenvalue weighted by atomic mass is 10.2. The molecule has 25 heavy (non-hydrogen) atoms. The van der Waals surface area contributed by atoms with Crippen LogP contribution in [0.5, 0.6) is 0 Å². The van der Waals surface area contributed by atoms with Gasteiger partial charge in [0.25, 0.3) is 0 Å². The molecule has 0 bridgehead atoms. The second-order valence-corrected chi connectivity index (χ2v) is 6.33. The summed E-state index contributed by atoms with van der Waals surface area (Å²) < 4.78 is 5.24. The largest absolute Gasteiger partial charge is 0.353 e. The third-order valence-electron chi connectivity index (χ3n) is 4.17. The predicted molar refractivity (Wildman–Crippen MR) is 95.2 cm³/mol. The van der Waals surface area contributed by atoms with Crippen molar-refractivity contribution in [1.82, 2.24) is 20.0 Å². The Morgan fingerprint density at radius 1 is 1.24 bits per heavy atom. The fourth-order valence-corrected chi connectivity index (χ4v) is 2.70. The van der Waals surface area contributed by atoms with Gasteiger partial charge in [0.1, 0.15) is 5.82 Å². The quantitative estimate of drug-likeness (QED) is 0.795. The Bertz CT molecular complexity index is 743. The zero-order valence-corrected chi connectivity index (χ0v) is 14.8. The molecule has 0 N–H and O–H groups in total. The normalized spacial score (nSPS) is 15.4. The first-order chi connectivity index (χ1) is 12.1. The first kappa shape index (κ1) is 17.1. The molecule has 7 heteroatoms. The van der Waals surface area contributed by atoms with Crippen LogP contribution >= 0.6 is 0 Å². The number of carbonyl (C=O) groups is 1. The van der Waals surface area contributed by atoms with Crippen LogP contribution in [0.4, 0.5) is 5.82 Å². The first-order valence-electron chi connectivity index (χ1n) is 8.55. The summed E-state index contributed by atoms with van der Waals surface area (Å²) in [6, 6.07) is 3.92. The number of hydrogen-bond donors (Lipinski definition) is 0. The van der Waals surface area contributed by atoms with Gasteiger partial charge in [0, 0.05) is 43.9 Å². The minimum Gasteiger partial charge on any atom is -0.353 e. The second-order valence-electron chi connectivity index (χ2n) is 6.33. The molecule has 0 radical (unpaired) electrons. The van der Waals surface area contributed by atoms with Crippen LogP contribution in [-0.2, 0) is 4.79 Å². The van der Waals surface area contributed by atoms with Gasteiger partial charge in [-0.3, -0.25) is 4.79 Å². The number of pyridine rings is 1. The number of carbonyl (C=O) groups excluding carboxylic acids is 1. The predicted octanol–water partition coefficient (Wildman–Crippen LogP) is 2.48. The van der Waals surface area contributed by atoms with E-state index >= 15 is 0 Å². The molecule has 1 aliphatic heterocycles. The maximum absolute atomic E-state index is 11.9. The standard InChI is InChI=1S/C18H23N5O2/c1-4-5-16(24)23-10-8-22(9-11-23)15-7-6-14(12-19-15)17-20-18(13(2)3)25-21-17/h4-7,12-13H,8-11H2,1-3H3/b5-4-. The van der Waals surface area contributed by atoms with Gasteiger partial charge in [-0.15, -0.1) is 0 Å². The zero-order valence-electron chi connectivity index (χ0n) is 14.8. The minimum atomic E-state index is 0.0727. The van der Waals surface area contributed by atoms with Crippen molar-refractivity contribution < 1.29 is 9.32 Å². The molecule has 2 aromatic heterocycles. The van der Waals surface area contributed by atoms with Crippen LogP contribution in [0.1, 0.15) is 32.6 Å². The van der Waals surface area contributed by atoms with Gasteiger partial charge in [0.2, 0.25) is 17.6 Å². The highest BCUT2D eigenvalue weighted by atomic mass is 16.5. The van der Waals surface area contributed by atoms with Crippen molar-refractivity contribution in [2.75, 3.05) is 31.1 Å². The van der Waals surface area contributed by atoms with Gasteiger partial charge >= 0.3 is 0 Å². The molecule has 0 spiro atoms. The lowest BCUT2D eigenvalue weighted by Crippen LogP contribution is -2.48. The van der Waals surface area contributed by atoms with Gasteiger partial charge in [-0.2, -0.15) is 4.98 Å². The van der Waals surface area contributed by atoms with E-state index in [9.17, 15) is 4.79 Å². The Morgan fingerprint density at radius 2 is 2.00 bits per heavy atom. The Morgan fingerprint density at radius 3 is 2.56 bits per heavy atom. The van der Waals surface area contributed by atoms with E-state index in [0.29, 0.717) is 24.8 Å². The smallest absolute Gasteiger partial charge is 0.246 e. The van der Waals surface area contributed by atoms with Crippen molar-refractivity contribution in [1.29, 1.82) is 0 Å². The maximum Gasteiger partial charge on any atom is 0.246 e. The van der Waals surface area contributed by atoms with Crippen molar-refractivity contribution in [3.63, 3.8) is 0 Å². The van der Waals surface area contributed by atoms with E-state index in [1.54, 1.807) is 18.3 Å². The molecule has 1 saturated heterocycles. The summed E-state index contributed by atoms with van der Waals surface area (Å²) in [5.74, 6) is 2.36. The van der Waals surface area contributed by atoms with Crippen LogP contribution in [0.25, 0.3) is 11.4 Å². The van der Waals surface area contributed by atoms with Gasteiger partial charge in [-0.25, -0.2) is 4.98 Å².